The lowest BCUT2D eigenvalue weighted by molar-refractivity contribution is -0.0190. The predicted molar refractivity (Wildman–Crippen MR) is 111 cm³/mol. The molecule has 0 aromatic heterocycles. The van der Waals surface area contributed by atoms with E-state index in [1.807, 2.05) is 48.5 Å². The Balaban J connectivity index is 1.61. The van der Waals surface area contributed by atoms with Crippen LogP contribution < -0.4 is 4.74 Å². The summed E-state index contributed by atoms with van der Waals surface area (Å²) in [5.74, 6) is 0.873. The summed E-state index contributed by atoms with van der Waals surface area (Å²) in [6.07, 6.45) is 0.561. The molecule has 2 atom stereocenters. The Morgan fingerprint density at radius 2 is 1.78 bits per heavy atom. The number of halogens is 2. The predicted octanol–water partition coefficient (Wildman–Crippen LogP) is 6.34. The number of ether oxygens (including phenoxy) is 1. The van der Waals surface area contributed by atoms with E-state index in [2.05, 4.69) is 45.2 Å². The van der Waals surface area contributed by atoms with Crippen LogP contribution in [0.5, 0.6) is 5.75 Å². The zero-order chi connectivity index (χ0) is 18.4. The first-order chi connectivity index (χ1) is 13.2. The third kappa shape index (κ3) is 3.03. The number of nitrogens with zero attached hydrogens (tertiary/aromatic N) is 2. The first kappa shape index (κ1) is 16.8. The Morgan fingerprint density at radius 3 is 2.56 bits per heavy atom. The van der Waals surface area contributed by atoms with Crippen LogP contribution in [0.2, 0.25) is 5.02 Å². The van der Waals surface area contributed by atoms with Gasteiger partial charge in [-0.2, -0.15) is 5.10 Å². The number of hydrogen-bond acceptors (Lipinski definition) is 3. The molecule has 134 valence electrons. The molecule has 0 bridgehead atoms. The van der Waals surface area contributed by atoms with Gasteiger partial charge in [-0.1, -0.05) is 70.0 Å². The van der Waals surface area contributed by atoms with E-state index in [1.165, 1.54) is 0 Å². The summed E-state index contributed by atoms with van der Waals surface area (Å²) < 4.78 is 7.40. The van der Waals surface area contributed by atoms with Gasteiger partial charge in [-0.15, -0.1) is 0 Å². The second kappa shape index (κ2) is 6.70. The van der Waals surface area contributed by atoms with Gasteiger partial charge in [-0.25, -0.2) is 5.01 Å². The molecule has 5 heteroatoms. The van der Waals surface area contributed by atoms with Gasteiger partial charge in [0.15, 0.2) is 0 Å². The molecule has 2 aliphatic heterocycles. The van der Waals surface area contributed by atoms with Crippen molar-refractivity contribution in [1.29, 1.82) is 0 Å². The molecule has 2 aliphatic rings. The first-order valence-corrected chi connectivity index (χ1v) is 9.99. The lowest BCUT2D eigenvalue weighted by atomic mass is 9.96. The third-order valence-electron chi connectivity index (χ3n) is 5.01. The average Bonchev–Trinajstić information content (AvgIpc) is 3.15. The Bertz CT molecular complexity index is 1020. The quantitative estimate of drug-likeness (QED) is 0.465. The second-order valence-corrected chi connectivity index (χ2v) is 8.07. The molecule has 5 rings (SSSR count). The maximum atomic E-state index is 6.36. The molecule has 27 heavy (non-hydrogen) atoms. The number of rotatable bonds is 2. The maximum absolute atomic E-state index is 6.36. The van der Waals surface area contributed by atoms with Crippen LogP contribution in [0.15, 0.2) is 82.4 Å². The number of hydrogen-bond donors (Lipinski definition) is 0. The minimum Gasteiger partial charge on any atom is -0.464 e. The van der Waals surface area contributed by atoms with Crippen molar-refractivity contribution in [3.8, 4) is 5.75 Å². The molecule has 0 N–H and O–H groups in total. The second-order valence-electron chi connectivity index (χ2n) is 6.72. The fourth-order valence-electron chi connectivity index (χ4n) is 3.71. The van der Waals surface area contributed by atoms with Gasteiger partial charge in [-0.3, -0.25) is 0 Å². The van der Waals surface area contributed by atoms with Gasteiger partial charge >= 0.3 is 0 Å². The van der Waals surface area contributed by atoms with Gasteiger partial charge in [0.25, 0.3) is 0 Å². The lowest BCUT2D eigenvalue weighted by Gasteiger charge is -2.38. The zero-order valence-corrected chi connectivity index (χ0v) is 16.7. The normalized spacial score (nSPS) is 20.5. The van der Waals surface area contributed by atoms with E-state index in [1.54, 1.807) is 0 Å². The molecule has 0 saturated carbocycles. The Hall–Kier alpha value is -2.30. The van der Waals surface area contributed by atoms with Gasteiger partial charge in [-0.05, 0) is 35.9 Å². The molecule has 0 unspecified atom stereocenters. The zero-order valence-electron chi connectivity index (χ0n) is 14.3. The molecule has 2 heterocycles. The number of fused-ring (bicyclic) bond motifs is 3. The summed E-state index contributed by atoms with van der Waals surface area (Å²) in [5, 5.41) is 7.75. The van der Waals surface area contributed by atoms with Crippen molar-refractivity contribution in [1.82, 2.24) is 5.01 Å². The largest absolute Gasteiger partial charge is 0.464 e. The maximum Gasteiger partial charge on any atom is 0.213 e. The van der Waals surface area contributed by atoms with E-state index in [-0.39, 0.29) is 12.3 Å². The van der Waals surface area contributed by atoms with E-state index in [4.69, 9.17) is 21.4 Å². The van der Waals surface area contributed by atoms with E-state index in [0.29, 0.717) is 5.02 Å². The Labute approximate surface area is 171 Å². The Morgan fingerprint density at radius 1 is 1.00 bits per heavy atom. The van der Waals surface area contributed by atoms with E-state index in [0.717, 1.165) is 39.0 Å². The van der Waals surface area contributed by atoms with Crippen molar-refractivity contribution in [2.45, 2.75) is 18.7 Å². The lowest BCUT2D eigenvalue weighted by Crippen LogP contribution is -2.33. The third-order valence-corrected chi connectivity index (χ3v) is 5.78. The molecule has 0 amide bonds. The van der Waals surface area contributed by atoms with Crippen LogP contribution in [-0.4, -0.2) is 10.7 Å². The van der Waals surface area contributed by atoms with Crippen molar-refractivity contribution in [3.05, 3.63) is 99.0 Å². The van der Waals surface area contributed by atoms with Crippen LogP contribution >= 0.6 is 27.5 Å². The molecule has 0 aliphatic carbocycles. The van der Waals surface area contributed by atoms with Crippen LogP contribution in [-0.2, 0) is 0 Å². The van der Waals surface area contributed by atoms with Gasteiger partial charge < -0.3 is 4.74 Å². The van der Waals surface area contributed by atoms with Crippen LogP contribution in [0.1, 0.15) is 35.4 Å². The van der Waals surface area contributed by atoms with Crippen molar-refractivity contribution in [3.63, 3.8) is 0 Å². The van der Waals surface area contributed by atoms with E-state index < -0.39 is 0 Å². The summed E-state index contributed by atoms with van der Waals surface area (Å²) in [6.45, 7) is 0. The highest BCUT2D eigenvalue weighted by Crippen LogP contribution is 2.48. The van der Waals surface area contributed by atoms with E-state index in [9.17, 15) is 0 Å². The average molecular weight is 440 g/mol. The summed E-state index contributed by atoms with van der Waals surface area (Å²) in [6, 6.07) is 24.5. The molecule has 3 aromatic rings. The molecule has 0 saturated heterocycles. The fourth-order valence-corrected chi connectivity index (χ4v) is 4.16. The SMILES string of the molecule is Clc1ccc2c(c1)[C@H]1CC(c3ccccc3)=NN1[C@H](c1ccc(Br)cc1)O2. The molecule has 3 aromatic carbocycles. The number of benzene rings is 3. The van der Waals surface area contributed by atoms with Crippen molar-refractivity contribution in [2.75, 3.05) is 0 Å². The van der Waals surface area contributed by atoms with Gasteiger partial charge in [0, 0.05) is 27.0 Å². The smallest absolute Gasteiger partial charge is 0.213 e. The topological polar surface area (TPSA) is 24.8 Å². The van der Waals surface area contributed by atoms with Crippen molar-refractivity contribution in [2.24, 2.45) is 5.10 Å². The van der Waals surface area contributed by atoms with E-state index >= 15 is 0 Å². The molecule has 3 nitrogen and oxygen atoms in total. The summed E-state index contributed by atoms with van der Waals surface area (Å²) in [7, 11) is 0. The minimum atomic E-state index is -0.266. The number of hydrazone groups is 1. The molecule has 0 spiro atoms. The molecule has 0 radical (unpaired) electrons. The first-order valence-electron chi connectivity index (χ1n) is 8.82. The van der Waals surface area contributed by atoms with Gasteiger partial charge in [0.2, 0.25) is 6.23 Å². The summed E-state index contributed by atoms with van der Waals surface area (Å²) >= 11 is 9.78. The summed E-state index contributed by atoms with van der Waals surface area (Å²) in [5.41, 5.74) is 4.37. The van der Waals surface area contributed by atoms with Crippen molar-refractivity contribution < 1.29 is 4.74 Å². The Kier molecular flexibility index (Phi) is 4.18. The van der Waals surface area contributed by atoms with Crippen LogP contribution in [0.3, 0.4) is 0 Å². The highest BCUT2D eigenvalue weighted by molar-refractivity contribution is 9.10. The van der Waals surface area contributed by atoms with Crippen molar-refractivity contribution >= 4 is 33.2 Å². The highest BCUT2D eigenvalue weighted by Gasteiger charge is 2.41. The minimum absolute atomic E-state index is 0.108. The monoisotopic (exact) mass is 438 g/mol. The highest BCUT2D eigenvalue weighted by atomic mass is 79.9. The van der Waals surface area contributed by atoms with Crippen LogP contribution in [0, 0.1) is 0 Å². The van der Waals surface area contributed by atoms with Crippen LogP contribution in [0.4, 0.5) is 0 Å². The van der Waals surface area contributed by atoms with Gasteiger partial charge in [0.05, 0.1) is 11.8 Å². The molecular formula is C22H16BrClN2O. The standard InChI is InChI=1S/C22H16BrClN2O/c23-16-8-6-15(7-9-16)22-26-20(18-12-17(24)10-11-21(18)27-22)13-19(25-26)14-4-2-1-3-5-14/h1-12,20,22H,13H2/t20-,22+/m1/s1. The molecular weight excluding hydrogens is 424 g/mol. The molecule has 0 fully saturated rings. The van der Waals surface area contributed by atoms with Gasteiger partial charge in [0.1, 0.15) is 5.75 Å². The summed E-state index contributed by atoms with van der Waals surface area (Å²) in [4.78, 5) is 0. The van der Waals surface area contributed by atoms with Crippen LogP contribution in [0.25, 0.3) is 0 Å². The fraction of sp³-hybridized carbons (Fsp3) is 0.136.